The minimum Gasteiger partial charge on any atom is -0.595 e. The molecule has 2 N–H and O–H groups in total. The monoisotopic (exact) mass is 415 g/mol. The molecular weight excluding hydrogens is 400 g/mol. The van der Waals surface area contributed by atoms with E-state index in [1.165, 1.54) is 39.8 Å². The van der Waals surface area contributed by atoms with E-state index in [0.717, 1.165) is 5.56 Å². The second-order valence-electron chi connectivity index (χ2n) is 5.18. The molecule has 1 atom stereocenters. The molecule has 1 unspecified atom stereocenters. The molecular formula is C16H16ClN2O5S2+. The number of esters is 1. The van der Waals surface area contributed by atoms with Crippen LogP contribution in [0.1, 0.15) is 32.6 Å². The van der Waals surface area contributed by atoms with Crippen LogP contribution in [-0.4, -0.2) is 23.7 Å². The van der Waals surface area contributed by atoms with Crippen LogP contribution >= 0.6 is 35.5 Å². The fraction of sp³-hybridized carbons (Fsp3) is 0.188. The topological polar surface area (TPSA) is 95.0 Å². The van der Waals surface area contributed by atoms with Crippen molar-refractivity contribution in [1.29, 1.82) is 0 Å². The number of fused-ring (bicyclic) bond motifs is 1. The van der Waals surface area contributed by atoms with Gasteiger partial charge in [-0.1, -0.05) is 0 Å². The molecule has 0 fully saturated rings. The number of hydrogen-bond acceptors (Lipinski definition) is 7. The van der Waals surface area contributed by atoms with Gasteiger partial charge in [0.2, 0.25) is 5.69 Å². The maximum atomic E-state index is 12.6. The van der Waals surface area contributed by atoms with Crippen LogP contribution in [0.4, 0.5) is 5.69 Å². The lowest BCUT2D eigenvalue weighted by atomic mass is 10.2. The van der Waals surface area contributed by atoms with Crippen LogP contribution in [0.2, 0.25) is 0 Å². The Morgan fingerprint density at radius 2 is 2.04 bits per heavy atom. The number of carbonyl (C=O) groups excluding carboxylic acids is 2. The van der Waals surface area contributed by atoms with Crippen LogP contribution in [0.5, 0.6) is 0 Å². The first kappa shape index (κ1) is 20.6. The largest absolute Gasteiger partial charge is 0.595 e. The normalized spacial score (nSPS) is 15.5. The van der Waals surface area contributed by atoms with Crippen molar-refractivity contribution in [3.63, 3.8) is 0 Å². The van der Waals surface area contributed by atoms with E-state index in [1.807, 2.05) is 0 Å². The van der Waals surface area contributed by atoms with Crippen molar-refractivity contribution in [1.82, 2.24) is 0 Å². The molecule has 1 aliphatic heterocycles. The van der Waals surface area contributed by atoms with Crippen LogP contribution in [0.15, 0.2) is 33.5 Å². The lowest BCUT2D eigenvalue weighted by Crippen LogP contribution is -2.99. The molecule has 0 bridgehead atoms. The highest BCUT2D eigenvalue weighted by molar-refractivity contribution is 8.05. The number of thioether (sulfide) groups is 1. The van der Waals surface area contributed by atoms with E-state index in [-0.39, 0.29) is 30.6 Å². The van der Waals surface area contributed by atoms with Crippen molar-refractivity contribution >= 4 is 59.1 Å². The number of rotatable bonds is 4. The summed E-state index contributed by atoms with van der Waals surface area (Å²) < 4.78 is 7.23. The lowest BCUT2D eigenvalue weighted by Gasteiger charge is -2.10. The molecule has 10 heteroatoms. The summed E-state index contributed by atoms with van der Waals surface area (Å²) in [4.78, 5) is 25.5. The summed E-state index contributed by atoms with van der Waals surface area (Å²) in [7, 11) is 0. The van der Waals surface area contributed by atoms with Crippen molar-refractivity contribution in [3.05, 3.63) is 50.5 Å². The van der Waals surface area contributed by atoms with Gasteiger partial charge in [0.1, 0.15) is 4.91 Å². The number of halogens is 1. The SMILES string of the molecule is CCOC(=O)c1sc2[n+](c1C)C(=O)/C(=C\c1ccc([NH+]([O-])O)cc1)S2.Cl. The Kier molecular flexibility index (Phi) is 6.56. The number of thiazole rings is 1. The van der Waals surface area contributed by atoms with E-state index in [4.69, 9.17) is 9.94 Å². The van der Waals surface area contributed by atoms with Gasteiger partial charge in [-0.2, -0.15) is 5.23 Å². The Morgan fingerprint density at radius 3 is 2.58 bits per heavy atom. The van der Waals surface area contributed by atoms with Crippen LogP contribution < -0.4 is 9.79 Å². The predicted molar refractivity (Wildman–Crippen MR) is 99.1 cm³/mol. The van der Waals surface area contributed by atoms with Crippen LogP contribution in [0, 0.1) is 12.1 Å². The fourth-order valence-corrected chi connectivity index (χ4v) is 4.77. The summed E-state index contributed by atoms with van der Waals surface area (Å²) in [5.41, 5.74) is 1.50. The van der Waals surface area contributed by atoms with E-state index in [2.05, 4.69) is 0 Å². The summed E-state index contributed by atoms with van der Waals surface area (Å²) in [6, 6.07) is 6.29. The number of nitrogens with zero attached hydrogens (tertiary/aromatic N) is 1. The Labute approximate surface area is 163 Å². The van der Waals surface area contributed by atoms with Crippen LogP contribution in [0.3, 0.4) is 0 Å². The number of hydrogen-bond donors (Lipinski definition) is 2. The molecule has 1 aromatic carbocycles. The smallest absolute Gasteiger partial charge is 0.433 e. The second-order valence-corrected chi connectivity index (χ2v) is 7.47. The zero-order chi connectivity index (χ0) is 18.1. The first-order valence-electron chi connectivity index (χ1n) is 7.42. The summed E-state index contributed by atoms with van der Waals surface area (Å²) in [5, 5.41) is 18.8. The Hall–Kier alpha value is -1.75. The summed E-state index contributed by atoms with van der Waals surface area (Å²) in [6.45, 7) is 3.73. The van der Waals surface area contributed by atoms with Gasteiger partial charge >= 0.3 is 16.2 Å². The molecule has 2 heterocycles. The van der Waals surface area contributed by atoms with E-state index in [0.29, 0.717) is 19.8 Å². The molecule has 0 saturated carbocycles. The first-order chi connectivity index (χ1) is 11.9. The molecule has 0 aliphatic carbocycles. The second kappa shape index (κ2) is 8.30. The lowest BCUT2D eigenvalue weighted by molar-refractivity contribution is -0.991. The van der Waals surface area contributed by atoms with Gasteiger partial charge in [-0.05, 0) is 42.0 Å². The average molecular weight is 416 g/mol. The third-order valence-corrected chi connectivity index (χ3v) is 5.96. The molecule has 0 amide bonds. The Bertz CT molecular complexity index is 878. The van der Waals surface area contributed by atoms with Gasteiger partial charge in [-0.25, -0.2) is 14.8 Å². The number of ether oxygens (including phenoxy) is 1. The van der Waals surface area contributed by atoms with E-state index < -0.39 is 11.2 Å². The standard InChI is InChI=1S/C16H15N2O5S2.ClH/c1-3-23-15(20)13-9(2)17-14(19)12(24-16(17)25-13)8-10-4-6-11(7-5-10)18(21)22;/h4-8,18,21H,3H2,1-2H3;1H/q+1;/b12-8+;. The van der Waals surface area contributed by atoms with Gasteiger partial charge < -0.3 is 9.94 Å². The fourth-order valence-electron chi connectivity index (χ4n) is 2.35. The van der Waals surface area contributed by atoms with Crippen molar-refractivity contribution in [2.45, 2.75) is 18.2 Å². The highest BCUT2D eigenvalue weighted by Gasteiger charge is 2.42. The third-order valence-electron chi connectivity index (χ3n) is 3.56. The van der Waals surface area contributed by atoms with Crippen LogP contribution in [-0.2, 0) is 4.74 Å². The molecule has 7 nitrogen and oxygen atoms in total. The molecule has 26 heavy (non-hydrogen) atoms. The van der Waals surface area contributed by atoms with Crippen molar-refractivity contribution in [2.75, 3.05) is 6.61 Å². The molecule has 138 valence electrons. The molecule has 1 aromatic heterocycles. The van der Waals surface area contributed by atoms with Crippen molar-refractivity contribution in [2.24, 2.45) is 0 Å². The van der Waals surface area contributed by atoms with Crippen LogP contribution in [0.25, 0.3) is 6.08 Å². The number of allylic oxidation sites excluding steroid dienone is 1. The highest BCUT2D eigenvalue weighted by atomic mass is 35.5. The minimum atomic E-state index is -0.995. The number of nitrogens with one attached hydrogen (secondary N) is 1. The quantitative estimate of drug-likeness (QED) is 0.344. The Morgan fingerprint density at radius 1 is 1.38 bits per heavy atom. The molecule has 2 aromatic rings. The predicted octanol–water partition coefficient (Wildman–Crippen LogP) is 2.13. The van der Waals surface area contributed by atoms with Gasteiger partial charge in [-0.15, -0.1) is 17.0 Å². The molecule has 3 rings (SSSR count). The van der Waals surface area contributed by atoms with Gasteiger partial charge in [0, 0.05) is 30.8 Å². The van der Waals surface area contributed by atoms with Gasteiger partial charge in [0.05, 0.1) is 6.61 Å². The number of carbonyl (C=O) groups is 2. The summed E-state index contributed by atoms with van der Waals surface area (Å²) in [5.74, 6) is -0.623. The zero-order valence-corrected chi connectivity index (χ0v) is 16.3. The highest BCUT2D eigenvalue weighted by Crippen LogP contribution is 2.37. The number of aromatic nitrogens is 1. The van der Waals surface area contributed by atoms with Crippen molar-refractivity contribution < 1.29 is 29.3 Å². The average Bonchev–Trinajstić information content (AvgIpc) is 3.06. The maximum absolute atomic E-state index is 12.6. The third kappa shape index (κ3) is 3.83. The molecule has 1 aliphatic rings. The number of benzene rings is 1. The van der Waals surface area contributed by atoms with E-state index >= 15 is 0 Å². The summed E-state index contributed by atoms with van der Waals surface area (Å²) in [6.07, 6.45) is 1.71. The van der Waals surface area contributed by atoms with Gasteiger partial charge in [0.25, 0.3) is 0 Å². The molecule has 0 saturated heterocycles. The molecule has 0 radical (unpaired) electrons. The van der Waals surface area contributed by atoms with E-state index in [9.17, 15) is 14.8 Å². The first-order valence-corrected chi connectivity index (χ1v) is 9.05. The zero-order valence-electron chi connectivity index (χ0n) is 13.8. The van der Waals surface area contributed by atoms with Gasteiger partial charge in [0.15, 0.2) is 10.6 Å². The molecule has 0 spiro atoms. The Balaban J connectivity index is 0.00000243. The van der Waals surface area contributed by atoms with Gasteiger partial charge in [-0.3, -0.25) is 0 Å². The van der Waals surface area contributed by atoms with Crippen molar-refractivity contribution in [3.8, 4) is 0 Å². The maximum Gasteiger partial charge on any atom is 0.433 e. The number of quaternary nitrogens is 1. The minimum absolute atomic E-state index is 0. The van der Waals surface area contributed by atoms with E-state index in [1.54, 1.807) is 32.1 Å². The summed E-state index contributed by atoms with van der Waals surface area (Å²) >= 11 is 2.52.